The number of rotatable bonds is 4. The number of hydrogen-bond donors (Lipinski definition) is 1. The van der Waals surface area contributed by atoms with E-state index in [4.69, 9.17) is 5.73 Å². The minimum atomic E-state index is 0.618. The first-order chi connectivity index (χ1) is 12.7. The minimum Gasteiger partial charge on any atom is -0.393 e. The van der Waals surface area contributed by atoms with Crippen LogP contribution in [0.15, 0.2) is 54.9 Å². The molecule has 3 aromatic rings. The Kier molecular flexibility index (Phi) is 4.21. The van der Waals surface area contributed by atoms with Crippen LogP contribution in [0.1, 0.15) is 18.1 Å². The predicted octanol–water partition coefficient (Wildman–Crippen LogP) is 4.22. The number of aromatic nitrogens is 2. The number of nitrogen functional groups attached to an aromatic ring is 1. The van der Waals surface area contributed by atoms with Crippen LogP contribution in [0.2, 0.25) is 0 Å². The normalized spacial score (nSPS) is 12.9. The summed E-state index contributed by atoms with van der Waals surface area (Å²) in [6, 6.07) is 16.8. The highest BCUT2D eigenvalue weighted by atomic mass is 15.3. The molecule has 1 aliphatic rings. The van der Waals surface area contributed by atoms with Gasteiger partial charge in [-0.05, 0) is 49.6 Å². The fourth-order valence-corrected chi connectivity index (χ4v) is 3.62. The Labute approximate surface area is 154 Å². The van der Waals surface area contributed by atoms with Crippen LogP contribution >= 0.6 is 0 Å². The zero-order valence-corrected chi connectivity index (χ0v) is 15.2. The van der Waals surface area contributed by atoms with Gasteiger partial charge in [-0.2, -0.15) is 0 Å². The van der Waals surface area contributed by atoms with Gasteiger partial charge in [0.1, 0.15) is 12.0 Å². The number of aryl methyl sites for hydroxylation is 1. The first-order valence-electron chi connectivity index (χ1n) is 8.99. The molecule has 0 atom stereocenters. The van der Waals surface area contributed by atoms with Crippen LogP contribution in [0.25, 0.3) is 0 Å². The molecule has 0 spiro atoms. The summed E-state index contributed by atoms with van der Waals surface area (Å²) in [4.78, 5) is 13.3. The Bertz CT molecular complexity index is 937. The average Bonchev–Trinajstić information content (AvgIpc) is 3.08. The molecule has 5 nitrogen and oxygen atoms in total. The van der Waals surface area contributed by atoms with Gasteiger partial charge in [-0.25, -0.2) is 9.97 Å². The van der Waals surface area contributed by atoms with Crippen molar-refractivity contribution in [2.75, 3.05) is 28.6 Å². The van der Waals surface area contributed by atoms with Gasteiger partial charge in [-0.15, -0.1) is 0 Å². The number of nitrogens with two attached hydrogens (primary N) is 1. The summed E-state index contributed by atoms with van der Waals surface area (Å²) in [5.41, 5.74) is 12.0. The van der Waals surface area contributed by atoms with Crippen LogP contribution in [0, 0.1) is 6.92 Å². The Morgan fingerprint density at radius 3 is 2.77 bits per heavy atom. The molecular weight excluding hydrogens is 322 g/mol. The first-order valence-corrected chi connectivity index (χ1v) is 8.99. The highest BCUT2D eigenvalue weighted by Crippen LogP contribution is 2.39. The van der Waals surface area contributed by atoms with Crippen molar-refractivity contribution in [2.45, 2.75) is 20.3 Å². The van der Waals surface area contributed by atoms with Crippen molar-refractivity contribution in [1.82, 2.24) is 9.97 Å². The van der Waals surface area contributed by atoms with Gasteiger partial charge in [-0.3, -0.25) is 0 Å². The van der Waals surface area contributed by atoms with Crippen molar-refractivity contribution in [1.29, 1.82) is 0 Å². The van der Waals surface area contributed by atoms with E-state index in [-0.39, 0.29) is 0 Å². The second-order valence-electron chi connectivity index (χ2n) is 6.55. The zero-order valence-electron chi connectivity index (χ0n) is 15.2. The van der Waals surface area contributed by atoms with E-state index in [0.717, 1.165) is 36.8 Å². The molecule has 5 heteroatoms. The van der Waals surface area contributed by atoms with Gasteiger partial charge in [0.25, 0.3) is 0 Å². The van der Waals surface area contributed by atoms with Crippen molar-refractivity contribution in [3.8, 4) is 0 Å². The van der Waals surface area contributed by atoms with E-state index in [9.17, 15) is 0 Å². The molecule has 0 aliphatic carbocycles. The van der Waals surface area contributed by atoms with E-state index < -0.39 is 0 Å². The summed E-state index contributed by atoms with van der Waals surface area (Å²) >= 11 is 0. The highest BCUT2D eigenvalue weighted by molar-refractivity contribution is 5.84. The molecule has 0 radical (unpaired) electrons. The second-order valence-corrected chi connectivity index (χ2v) is 6.55. The van der Waals surface area contributed by atoms with Crippen molar-refractivity contribution < 1.29 is 0 Å². The maximum absolute atomic E-state index is 6.56. The second kappa shape index (κ2) is 6.67. The maximum Gasteiger partial charge on any atom is 0.161 e. The van der Waals surface area contributed by atoms with Gasteiger partial charge in [0, 0.05) is 24.5 Å². The molecule has 132 valence electrons. The van der Waals surface area contributed by atoms with Crippen molar-refractivity contribution in [2.24, 2.45) is 0 Å². The summed E-state index contributed by atoms with van der Waals surface area (Å²) < 4.78 is 0. The number of nitrogens with zero attached hydrogens (tertiary/aromatic N) is 4. The quantitative estimate of drug-likeness (QED) is 0.767. The largest absolute Gasteiger partial charge is 0.393 e. The van der Waals surface area contributed by atoms with E-state index in [1.54, 1.807) is 6.33 Å². The van der Waals surface area contributed by atoms with Crippen LogP contribution in [0.3, 0.4) is 0 Å². The maximum atomic E-state index is 6.56. The minimum absolute atomic E-state index is 0.618. The molecule has 1 aromatic heterocycles. The van der Waals surface area contributed by atoms with Gasteiger partial charge in [0.05, 0.1) is 0 Å². The molecule has 2 N–H and O–H groups in total. The molecule has 0 fully saturated rings. The van der Waals surface area contributed by atoms with Crippen molar-refractivity contribution in [3.63, 3.8) is 0 Å². The highest BCUT2D eigenvalue weighted by Gasteiger charge is 2.25. The van der Waals surface area contributed by atoms with Crippen LogP contribution < -0.4 is 15.5 Å². The molecule has 0 amide bonds. The monoisotopic (exact) mass is 345 g/mol. The van der Waals surface area contributed by atoms with E-state index in [1.807, 2.05) is 0 Å². The third kappa shape index (κ3) is 2.75. The SMILES string of the molecule is CCN(c1cccc(C)c1)c1ncnc(N2CCc3ccccc32)c1N. The summed E-state index contributed by atoms with van der Waals surface area (Å²) in [6.07, 6.45) is 2.62. The van der Waals surface area contributed by atoms with Gasteiger partial charge >= 0.3 is 0 Å². The van der Waals surface area contributed by atoms with Crippen molar-refractivity contribution in [3.05, 3.63) is 66.0 Å². The van der Waals surface area contributed by atoms with Gasteiger partial charge in [-0.1, -0.05) is 30.3 Å². The Balaban J connectivity index is 1.77. The Hall–Kier alpha value is -3.08. The lowest BCUT2D eigenvalue weighted by Crippen LogP contribution is -2.22. The molecular formula is C21H23N5. The van der Waals surface area contributed by atoms with Gasteiger partial charge in [0.2, 0.25) is 0 Å². The third-order valence-electron chi connectivity index (χ3n) is 4.87. The smallest absolute Gasteiger partial charge is 0.161 e. The van der Waals surface area contributed by atoms with E-state index in [1.165, 1.54) is 16.8 Å². The number of benzene rings is 2. The molecule has 0 unspecified atom stereocenters. The molecule has 2 heterocycles. The van der Waals surface area contributed by atoms with Gasteiger partial charge in [0.15, 0.2) is 11.6 Å². The zero-order chi connectivity index (χ0) is 18.1. The fourth-order valence-electron chi connectivity index (χ4n) is 3.62. The lowest BCUT2D eigenvalue weighted by Gasteiger charge is -2.27. The molecule has 0 bridgehead atoms. The van der Waals surface area contributed by atoms with Crippen LogP contribution in [-0.2, 0) is 6.42 Å². The molecule has 2 aromatic carbocycles. The predicted molar refractivity (Wildman–Crippen MR) is 107 cm³/mol. The molecule has 1 aliphatic heterocycles. The van der Waals surface area contributed by atoms with Gasteiger partial charge < -0.3 is 15.5 Å². The van der Waals surface area contributed by atoms with Crippen LogP contribution in [-0.4, -0.2) is 23.1 Å². The fraction of sp³-hybridized carbons (Fsp3) is 0.238. The summed E-state index contributed by atoms with van der Waals surface area (Å²) in [6.45, 7) is 5.86. The topological polar surface area (TPSA) is 58.3 Å². The number of para-hydroxylation sites is 1. The first kappa shape index (κ1) is 16.4. The summed E-state index contributed by atoms with van der Waals surface area (Å²) in [5, 5.41) is 0. The third-order valence-corrected chi connectivity index (χ3v) is 4.87. The van der Waals surface area contributed by atoms with Crippen LogP contribution in [0.5, 0.6) is 0 Å². The standard InChI is InChI=1S/C21H23N5/c1-3-25(17-9-6-7-15(2)13-17)20-19(22)21(24-14-23-20)26-12-11-16-8-4-5-10-18(16)26/h4-10,13-14H,3,11-12,22H2,1-2H3. The Morgan fingerprint density at radius 2 is 1.96 bits per heavy atom. The molecule has 0 saturated heterocycles. The van der Waals surface area contributed by atoms with E-state index in [2.05, 4.69) is 82.1 Å². The van der Waals surface area contributed by atoms with Crippen LogP contribution in [0.4, 0.5) is 28.7 Å². The number of hydrogen-bond acceptors (Lipinski definition) is 5. The number of fused-ring (bicyclic) bond motifs is 1. The Morgan fingerprint density at radius 1 is 1.12 bits per heavy atom. The summed E-state index contributed by atoms with van der Waals surface area (Å²) in [7, 11) is 0. The van der Waals surface area contributed by atoms with E-state index >= 15 is 0 Å². The average molecular weight is 345 g/mol. The molecule has 26 heavy (non-hydrogen) atoms. The number of anilines is 5. The molecule has 0 saturated carbocycles. The lowest BCUT2D eigenvalue weighted by atomic mass is 10.2. The lowest BCUT2D eigenvalue weighted by molar-refractivity contribution is 0.944. The molecule has 4 rings (SSSR count). The van der Waals surface area contributed by atoms with Crippen molar-refractivity contribution >= 4 is 28.7 Å². The summed E-state index contributed by atoms with van der Waals surface area (Å²) in [5.74, 6) is 1.54. The van der Waals surface area contributed by atoms with E-state index in [0.29, 0.717) is 5.69 Å².